The topological polar surface area (TPSA) is 98.2 Å². The van der Waals surface area contributed by atoms with Crippen molar-refractivity contribution < 1.29 is 23.8 Å². The zero-order chi connectivity index (χ0) is 24.9. The first-order chi connectivity index (χ1) is 17.6. The Bertz CT molecular complexity index is 1360. The van der Waals surface area contributed by atoms with E-state index in [4.69, 9.17) is 19.6 Å². The minimum absolute atomic E-state index is 0.0844. The maximum atomic E-state index is 11.3. The van der Waals surface area contributed by atoms with Gasteiger partial charge >= 0.3 is 5.97 Å². The molecule has 1 saturated heterocycles. The molecule has 0 atom stereocenters. The highest BCUT2D eigenvalue weighted by molar-refractivity contribution is 5.93. The summed E-state index contributed by atoms with van der Waals surface area (Å²) in [6, 6.07) is 21.7. The van der Waals surface area contributed by atoms with Gasteiger partial charge in [-0.05, 0) is 47.0 Å². The quantitative estimate of drug-likeness (QED) is 0.357. The van der Waals surface area contributed by atoms with Gasteiger partial charge in [0.25, 0.3) is 0 Å². The van der Waals surface area contributed by atoms with Gasteiger partial charge in [-0.2, -0.15) is 0 Å². The van der Waals surface area contributed by atoms with E-state index in [1.54, 1.807) is 12.1 Å². The maximum Gasteiger partial charge on any atom is 0.307 e. The number of morpholine rings is 1. The predicted molar refractivity (Wildman–Crippen MR) is 138 cm³/mol. The molecule has 0 bridgehead atoms. The summed E-state index contributed by atoms with van der Waals surface area (Å²) in [4.78, 5) is 13.6. The number of ether oxygens (including phenoxy) is 2. The number of hydrogen-bond acceptors (Lipinski definition) is 6. The molecule has 0 aliphatic carbocycles. The number of nitrogens with two attached hydrogens (primary N) is 1. The third-order valence-corrected chi connectivity index (χ3v) is 6.39. The number of benzene rings is 3. The second kappa shape index (κ2) is 11.0. The first-order valence-corrected chi connectivity index (χ1v) is 12.2. The van der Waals surface area contributed by atoms with Crippen LogP contribution in [0.5, 0.6) is 5.75 Å². The predicted octanol–water partition coefficient (Wildman–Crippen LogP) is 4.60. The van der Waals surface area contributed by atoms with Crippen molar-refractivity contribution in [1.82, 2.24) is 4.90 Å². The summed E-state index contributed by atoms with van der Waals surface area (Å²) in [5.41, 5.74) is 11.4. The SMILES string of the molecule is NCc1cccc(-c2cc(COc3ccccc3CC(=O)O)cc3cc(CN4CCOCC4)oc23)c1. The first kappa shape index (κ1) is 24.1. The zero-order valence-corrected chi connectivity index (χ0v) is 20.1. The summed E-state index contributed by atoms with van der Waals surface area (Å²) in [5, 5.41) is 10.2. The van der Waals surface area contributed by atoms with E-state index in [9.17, 15) is 9.90 Å². The summed E-state index contributed by atoms with van der Waals surface area (Å²) >= 11 is 0. The molecule has 0 saturated carbocycles. The van der Waals surface area contributed by atoms with Gasteiger partial charge < -0.3 is 24.7 Å². The van der Waals surface area contributed by atoms with Gasteiger partial charge in [-0.3, -0.25) is 9.69 Å². The van der Waals surface area contributed by atoms with Crippen LogP contribution in [0.4, 0.5) is 0 Å². The molecule has 0 radical (unpaired) electrons. The monoisotopic (exact) mass is 486 g/mol. The fourth-order valence-electron chi connectivity index (χ4n) is 4.60. The van der Waals surface area contributed by atoms with Crippen molar-refractivity contribution in [2.75, 3.05) is 26.3 Å². The van der Waals surface area contributed by atoms with Gasteiger partial charge in [0.15, 0.2) is 0 Å². The van der Waals surface area contributed by atoms with E-state index in [2.05, 4.69) is 35.2 Å². The molecular weight excluding hydrogens is 456 g/mol. The molecule has 7 heteroatoms. The molecule has 0 spiro atoms. The van der Waals surface area contributed by atoms with Gasteiger partial charge in [0.2, 0.25) is 0 Å². The molecule has 0 unspecified atom stereocenters. The molecule has 2 heterocycles. The Morgan fingerprint density at radius 3 is 2.64 bits per heavy atom. The van der Waals surface area contributed by atoms with Crippen molar-refractivity contribution in [2.45, 2.75) is 26.1 Å². The number of fused-ring (bicyclic) bond motifs is 1. The van der Waals surface area contributed by atoms with Crippen LogP contribution in [0.2, 0.25) is 0 Å². The van der Waals surface area contributed by atoms with Crippen LogP contribution in [-0.4, -0.2) is 42.3 Å². The Balaban J connectivity index is 1.49. The number of aliphatic carboxylic acids is 1. The molecule has 1 aliphatic rings. The number of hydrogen-bond donors (Lipinski definition) is 2. The van der Waals surface area contributed by atoms with Crippen molar-refractivity contribution in [3.8, 4) is 16.9 Å². The van der Waals surface area contributed by atoms with Crippen molar-refractivity contribution in [3.05, 3.63) is 89.2 Å². The standard InChI is InChI=1S/C29H30N2O5/c30-17-20-4-3-6-22(12-20)26-14-21(19-35-27-7-2-1-5-23(27)16-28(32)33)13-24-15-25(36-29(24)26)18-31-8-10-34-11-9-31/h1-7,12-15H,8-11,16-19,30H2,(H,32,33). The third kappa shape index (κ3) is 5.60. The van der Waals surface area contributed by atoms with Crippen LogP contribution in [-0.2, 0) is 35.6 Å². The molecule has 36 heavy (non-hydrogen) atoms. The molecule has 4 aromatic rings. The van der Waals surface area contributed by atoms with E-state index < -0.39 is 5.97 Å². The lowest BCUT2D eigenvalue weighted by atomic mass is 9.99. The molecule has 3 N–H and O–H groups in total. The lowest BCUT2D eigenvalue weighted by Crippen LogP contribution is -2.35. The highest BCUT2D eigenvalue weighted by Gasteiger charge is 2.17. The Kier molecular flexibility index (Phi) is 7.32. The van der Waals surface area contributed by atoms with E-state index >= 15 is 0 Å². The highest BCUT2D eigenvalue weighted by Crippen LogP contribution is 2.34. The molecule has 7 nitrogen and oxygen atoms in total. The van der Waals surface area contributed by atoms with Crippen LogP contribution in [0.15, 0.2) is 71.1 Å². The molecule has 1 aromatic heterocycles. The van der Waals surface area contributed by atoms with E-state index in [1.165, 1.54) is 0 Å². The van der Waals surface area contributed by atoms with Crippen LogP contribution < -0.4 is 10.5 Å². The summed E-state index contributed by atoms with van der Waals surface area (Å²) in [7, 11) is 0. The summed E-state index contributed by atoms with van der Waals surface area (Å²) < 4.78 is 18.0. The van der Waals surface area contributed by atoms with Crippen molar-refractivity contribution in [2.24, 2.45) is 5.73 Å². The second-order valence-corrected chi connectivity index (χ2v) is 9.03. The Hall–Kier alpha value is -3.65. The van der Waals surface area contributed by atoms with Gasteiger partial charge in [-0.25, -0.2) is 0 Å². The molecular formula is C29H30N2O5. The Labute approximate surface area is 210 Å². The summed E-state index contributed by atoms with van der Waals surface area (Å²) in [6.45, 7) is 4.74. The molecule has 0 amide bonds. The number of furan rings is 1. The Morgan fingerprint density at radius 1 is 1.00 bits per heavy atom. The first-order valence-electron chi connectivity index (χ1n) is 12.2. The largest absolute Gasteiger partial charge is 0.489 e. The van der Waals surface area contributed by atoms with Crippen molar-refractivity contribution >= 4 is 16.9 Å². The number of carboxylic acids is 1. The smallest absolute Gasteiger partial charge is 0.307 e. The normalized spacial score (nSPS) is 14.2. The highest BCUT2D eigenvalue weighted by atomic mass is 16.5. The zero-order valence-electron chi connectivity index (χ0n) is 20.1. The van der Waals surface area contributed by atoms with E-state index in [0.29, 0.717) is 24.5 Å². The van der Waals surface area contributed by atoms with E-state index in [1.807, 2.05) is 24.3 Å². The van der Waals surface area contributed by atoms with Crippen LogP contribution >= 0.6 is 0 Å². The molecule has 3 aromatic carbocycles. The van der Waals surface area contributed by atoms with Crippen LogP contribution in [0.25, 0.3) is 22.1 Å². The Morgan fingerprint density at radius 2 is 1.83 bits per heavy atom. The average Bonchev–Trinajstić information content (AvgIpc) is 3.30. The maximum absolute atomic E-state index is 11.3. The molecule has 186 valence electrons. The van der Waals surface area contributed by atoms with Crippen LogP contribution in [0.1, 0.15) is 22.5 Å². The van der Waals surface area contributed by atoms with Crippen molar-refractivity contribution in [3.63, 3.8) is 0 Å². The summed E-state index contributed by atoms with van der Waals surface area (Å²) in [6.07, 6.45) is -0.0844. The average molecular weight is 487 g/mol. The number of carbonyl (C=O) groups is 1. The second-order valence-electron chi connectivity index (χ2n) is 9.03. The van der Waals surface area contributed by atoms with E-state index in [0.717, 1.165) is 71.8 Å². The lowest BCUT2D eigenvalue weighted by Gasteiger charge is -2.25. The third-order valence-electron chi connectivity index (χ3n) is 6.39. The van der Waals surface area contributed by atoms with Gasteiger partial charge in [0.05, 0.1) is 26.2 Å². The van der Waals surface area contributed by atoms with Gasteiger partial charge in [-0.15, -0.1) is 0 Å². The number of nitrogens with zero attached hydrogens (tertiary/aromatic N) is 1. The van der Waals surface area contributed by atoms with Gasteiger partial charge in [0.1, 0.15) is 23.7 Å². The van der Waals surface area contributed by atoms with Gasteiger partial charge in [-0.1, -0.05) is 36.4 Å². The number of rotatable bonds is 9. The molecule has 5 rings (SSSR count). The van der Waals surface area contributed by atoms with Crippen molar-refractivity contribution in [1.29, 1.82) is 0 Å². The van der Waals surface area contributed by atoms with Crippen LogP contribution in [0, 0.1) is 0 Å². The number of carboxylic acid groups (broad SMARTS) is 1. The number of para-hydroxylation sites is 1. The molecule has 1 fully saturated rings. The minimum atomic E-state index is -0.888. The minimum Gasteiger partial charge on any atom is -0.489 e. The summed E-state index contributed by atoms with van der Waals surface area (Å²) in [5.74, 6) is 0.598. The lowest BCUT2D eigenvalue weighted by molar-refractivity contribution is -0.136. The fraction of sp³-hybridized carbons (Fsp3) is 0.276. The molecule has 1 aliphatic heterocycles. The van der Waals surface area contributed by atoms with E-state index in [-0.39, 0.29) is 6.42 Å². The van der Waals surface area contributed by atoms with Crippen LogP contribution in [0.3, 0.4) is 0 Å². The fourth-order valence-corrected chi connectivity index (χ4v) is 4.60. The van der Waals surface area contributed by atoms with Gasteiger partial charge in [0, 0.05) is 36.1 Å².